The van der Waals surface area contributed by atoms with Gasteiger partial charge in [0, 0.05) is 25.1 Å². The van der Waals surface area contributed by atoms with Gasteiger partial charge in [-0.25, -0.2) is 4.39 Å². The van der Waals surface area contributed by atoms with E-state index in [9.17, 15) is 9.18 Å². The number of hydrogen-bond donors (Lipinski definition) is 1. The molecule has 0 bridgehead atoms. The lowest BCUT2D eigenvalue weighted by molar-refractivity contribution is -0.131. The van der Waals surface area contributed by atoms with E-state index in [1.165, 1.54) is 6.07 Å². The van der Waals surface area contributed by atoms with Crippen LogP contribution in [-0.2, 0) is 11.3 Å². The van der Waals surface area contributed by atoms with E-state index < -0.39 is 0 Å². The smallest absolute Gasteiger partial charge is 0.223 e. The number of amides is 1. The highest BCUT2D eigenvalue weighted by Gasteiger charge is 2.13. The van der Waals surface area contributed by atoms with Crippen molar-refractivity contribution >= 4 is 18.3 Å². The Morgan fingerprint density at radius 1 is 1.42 bits per heavy atom. The number of benzene rings is 1. The molecule has 1 amide bonds. The lowest BCUT2D eigenvalue weighted by atomic mass is 10.2. The highest BCUT2D eigenvalue weighted by atomic mass is 35.5. The maximum absolute atomic E-state index is 13.5. The summed E-state index contributed by atoms with van der Waals surface area (Å²) in [5.41, 5.74) is 5.89. The first-order valence-corrected chi connectivity index (χ1v) is 6.01. The normalized spacial score (nSPS) is 9.58. The molecule has 1 aromatic rings. The largest absolute Gasteiger partial charge is 0.335 e. The summed E-state index contributed by atoms with van der Waals surface area (Å²) >= 11 is 0. The third-order valence-corrected chi connectivity index (χ3v) is 2.62. The number of carbonyl (C=O) groups is 1. The minimum Gasteiger partial charge on any atom is -0.335 e. The van der Waals surface area contributed by atoms with Crippen LogP contribution in [0.15, 0.2) is 36.9 Å². The highest BCUT2D eigenvalue weighted by molar-refractivity contribution is 5.85. The number of nitrogens with zero attached hydrogens (tertiary/aromatic N) is 1. The molecule has 0 saturated carbocycles. The first-order chi connectivity index (χ1) is 8.69. The van der Waals surface area contributed by atoms with Crippen LogP contribution in [-0.4, -0.2) is 23.9 Å². The fraction of sp³-hybridized carbons (Fsp3) is 0.357. The van der Waals surface area contributed by atoms with Crippen LogP contribution in [0.2, 0.25) is 0 Å². The Morgan fingerprint density at radius 3 is 2.68 bits per heavy atom. The maximum Gasteiger partial charge on any atom is 0.223 e. The van der Waals surface area contributed by atoms with Crippen LogP contribution in [0.1, 0.15) is 18.4 Å². The van der Waals surface area contributed by atoms with E-state index in [1.54, 1.807) is 29.2 Å². The first-order valence-electron chi connectivity index (χ1n) is 6.01. The van der Waals surface area contributed by atoms with Gasteiger partial charge in [0.15, 0.2) is 0 Å². The van der Waals surface area contributed by atoms with Crippen LogP contribution < -0.4 is 5.73 Å². The molecule has 0 atom stereocenters. The zero-order chi connectivity index (χ0) is 13.4. The van der Waals surface area contributed by atoms with Crippen LogP contribution in [0.5, 0.6) is 0 Å². The van der Waals surface area contributed by atoms with Crippen molar-refractivity contribution in [1.82, 2.24) is 4.90 Å². The molecule has 0 unspecified atom stereocenters. The molecule has 0 heterocycles. The second-order valence-corrected chi connectivity index (χ2v) is 4.05. The molecular formula is C14H20ClFN2O. The summed E-state index contributed by atoms with van der Waals surface area (Å²) in [4.78, 5) is 13.5. The Labute approximate surface area is 119 Å². The van der Waals surface area contributed by atoms with Crippen LogP contribution in [0.25, 0.3) is 0 Å². The number of halogens is 2. The summed E-state index contributed by atoms with van der Waals surface area (Å²) in [5.74, 6) is -0.318. The standard InChI is InChI=1S/C14H19FN2O.ClH/c1-2-10-17(14(18)8-5-9-16)11-12-6-3-4-7-13(12)15;/h2-4,6-7H,1,5,8-11,16H2;1H. The second-order valence-electron chi connectivity index (χ2n) is 4.05. The summed E-state index contributed by atoms with van der Waals surface area (Å²) in [7, 11) is 0. The summed E-state index contributed by atoms with van der Waals surface area (Å²) in [5, 5.41) is 0. The van der Waals surface area contributed by atoms with Gasteiger partial charge in [-0.15, -0.1) is 19.0 Å². The molecule has 0 radical (unpaired) electrons. The average molecular weight is 287 g/mol. The van der Waals surface area contributed by atoms with Gasteiger partial charge in [0.05, 0.1) is 0 Å². The molecule has 1 aromatic carbocycles. The molecule has 1 rings (SSSR count). The minimum absolute atomic E-state index is 0. The molecule has 19 heavy (non-hydrogen) atoms. The average Bonchev–Trinajstić information content (AvgIpc) is 2.38. The molecule has 0 aromatic heterocycles. The number of rotatable bonds is 7. The minimum atomic E-state index is -0.293. The highest BCUT2D eigenvalue weighted by Crippen LogP contribution is 2.11. The summed E-state index contributed by atoms with van der Waals surface area (Å²) < 4.78 is 13.5. The lowest BCUT2D eigenvalue weighted by Gasteiger charge is -2.21. The van der Waals surface area contributed by atoms with Crippen LogP contribution >= 0.6 is 12.4 Å². The molecule has 0 aliphatic heterocycles. The second kappa shape index (κ2) is 9.53. The molecule has 106 valence electrons. The van der Waals surface area contributed by atoms with E-state index in [2.05, 4.69) is 6.58 Å². The van der Waals surface area contributed by atoms with Crippen molar-refractivity contribution in [2.45, 2.75) is 19.4 Å². The monoisotopic (exact) mass is 286 g/mol. The van der Waals surface area contributed by atoms with Crippen molar-refractivity contribution in [2.75, 3.05) is 13.1 Å². The SMILES string of the molecule is C=CCN(Cc1ccccc1F)C(=O)CCCN.Cl. The third kappa shape index (κ3) is 5.85. The maximum atomic E-state index is 13.5. The van der Waals surface area contributed by atoms with Crippen molar-refractivity contribution in [3.05, 3.63) is 48.3 Å². The van der Waals surface area contributed by atoms with Crippen molar-refractivity contribution in [3.63, 3.8) is 0 Å². The van der Waals surface area contributed by atoms with Gasteiger partial charge in [-0.1, -0.05) is 24.3 Å². The molecule has 3 nitrogen and oxygen atoms in total. The zero-order valence-electron chi connectivity index (χ0n) is 10.8. The van der Waals surface area contributed by atoms with Crippen LogP contribution in [0.3, 0.4) is 0 Å². The quantitative estimate of drug-likeness (QED) is 0.783. The first kappa shape index (κ1) is 17.6. The van der Waals surface area contributed by atoms with Gasteiger partial charge in [0.2, 0.25) is 5.91 Å². The van der Waals surface area contributed by atoms with Gasteiger partial charge < -0.3 is 10.6 Å². The number of carbonyl (C=O) groups excluding carboxylic acids is 1. The Morgan fingerprint density at radius 2 is 2.11 bits per heavy atom. The number of hydrogen-bond acceptors (Lipinski definition) is 2. The van der Waals surface area contributed by atoms with Gasteiger partial charge >= 0.3 is 0 Å². The molecular weight excluding hydrogens is 267 g/mol. The van der Waals surface area contributed by atoms with Crippen molar-refractivity contribution < 1.29 is 9.18 Å². The van der Waals surface area contributed by atoms with Gasteiger partial charge in [-0.3, -0.25) is 4.79 Å². The Bertz CT molecular complexity index is 412. The predicted octanol–water partition coefficient (Wildman–Crippen LogP) is 2.50. The van der Waals surface area contributed by atoms with E-state index >= 15 is 0 Å². The molecule has 0 fully saturated rings. The summed E-state index contributed by atoms with van der Waals surface area (Å²) in [6.45, 7) is 4.77. The summed E-state index contributed by atoms with van der Waals surface area (Å²) in [6.07, 6.45) is 2.67. The van der Waals surface area contributed by atoms with E-state index in [1.807, 2.05) is 0 Å². The van der Waals surface area contributed by atoms with Gasteiger partial charge in [0.25, 0.3) is 0 Å². The van der Waals surface area contributed by atoms with Crippen LogP contribution in [0, 0.1) is 5.82 Å². The van der Waals surface area contributed by atoms with E-state index in [0.29, 0.717) is 31.5 Å². The fourth-order valence-corrected chi connectivity index (χ4v) is 1.65. The van der Waals surface area contributed by atoms with Gasteiger partial charge in [0.1, 0.15) is 5.82 Å². The predicted molar refractivity (Wildman–Crippen MR) is 77.6 cm³/mol. The molecule has 0 spiro atoms. The van der Waals surface area contributed by atoms with Gasteiger partial charge in [-0.05, 0) is 19.0 Å². The van der Waals surface area contributed by atoms with Gasteiger partial charge in [-0.2, -0.15) is 0 Å². The van der Waals surface area contributed by atoms with Crippen molar-refractivity contribution in [1.29, 1.82) is 0 Å². The van der Waals surface area contributed by atoms with E-state index in [0.717, 1.165) is 0 Å². The zero-order valence-corrected chi connectivity index (χ0v) is 11.7. The molecule has 0 aliphatic carbocycles. The molecule has 0 aliphatic rings. The number of nitrogens with two attached hydrogens (primary N) is 1. The molecule has 0 saturated heterocycles. The Hall–Kier alpha value is -1.39. The third-order valence-electron chi connectivity index (χ3n) is 2.62. The van der Waals surface area contributed by atoms with E-state index in [-0.39, 0.29) is 30.7 Å². The van der Waals surface area contributed by atoms with E-state index in [4.69, 9.17) is 5.73 Å². The Balaban J connectivity index is 0.00000324. The molecule has 5 heteroatoms. The fourth-order valence-electron chi connectivity index (χ4n) is 1.65. The topological polar surface area (TPSA) is 46.3 Å². The van der Waals surface area contributed by atoms with Crippen molar-refractivity contribution in [3.8, 4) is 0 Å². The molecule has 2 N–H and O–H groups in total. The van der Waals surface area contributed by atoms with Crippen LogP contribution in [0.4, 0.5) is 4.39 Å². The summed E-state index contributed by atoms with van der Waals surface area (Å²) in [6, 6.07) is 6.47. The van der Waals surface area contributed by atoms with Crippen molar-refractivity contribution in [2.24, 2.45) is 5.73 Å². The lowest BCUT2D eigenvalue weighted by Crippen LogP contribution is -2.31. The Kier molecular flexibility index (Phi) is 8.83.